The van der Waals surface area contributed by atoms with Gasteiger partial charge in [0.1, 0.15) is 29.4 Å². The Morgan fingerprint density at radius 1 is 1.00 bits per heavy atom. The molecule has 0 saturated heterocycles. The number of benzene rings is 3. The molecular weight excluding hydrogens is 540 g/mol. The normalized spacial score (nSPS) is 13.0. The van der Waals surface area contributed by atoms with Crippen molar-refractivity contribution < 1.29 is 18.6 Å². The number of hydrogen-bond acceptors (Lipinski definition) is 5. The molecule has 5 rings (SSSR count). The lowest BCUT2D eigenvalue weighted by atomic mass is 10.0. The lowest BCUT2D eigenvalue weighted by Crippen LogP contribution is -2.14. The largest absolute Gasteiger partial charge is 0.489 e. The van der Waals surface area contributed by atoms with Crippen LogP contribution in [-0.2, 0) is 18.0 Å². The fraction of sp³-hybridized carbons (Fsp3) is 0.160. The third-order valence-electron chi connectivity index (χ3n) is 5.32. The predicted octanol–water partition coefficient (Wildman–Crippen LogP) is 6.74. The molecule has 0 spiro atoms. The van der Waals surface area contributed by atoms with Crippen LogP contribution in [0.3, 0.4) is 0 Å². The molecule has 2 heterocycles. The second-order valence-corrected chi connectivity index (χ2v) is 9.31. The summed E-state index contributed by atoms with van der Waals surface area (Å²) in [6.07, 6.45) is 0. The van der Waals surface area contributed by atoms with Crippen molar-refractivity contribution in [1.29, 1.82) is 0 Å². The second kappa shape index (κ2) is 8.73. The molecule has 0 bridgehead atoms. The van der Waals surface area contributed by atoms with Crippen molar-refractivity contribution in [3.63, 3.8) is 0 Å². The van der Waals surface area contributed by atoms with Gasteiger partial charge < -0.3 is 18.6 Å². The summed E-state index contributed by atoms with van der Waals surface area (Å²) in [4.78, 5) is 13.2. The minimum atomic E-state index is -0.0629. The molecule has 0 fully saturated rings. The molecule has 1 aromatic heterocycles. The van der Waals surface area contributed by atoms with E-state index in [-0.39, 0.29) is 12.2 Å². The Balaban J connectivity index is 1.46. The SMILES string of the molecule is Cc1oc2cc(OCc3cc(Br)cc4c3OCOC4)ccc2c(=O)c1-c1ccc(Br)cc1. The van der Waals surface area contributed by atoms with Crippen LogP contribution < -0.4 is 14.9 Å². The van der Waals surface area contributed by atoms with E-state index in [9.17, 15) is 4.79 Å². The van der Waals surface area contributed by atoms with Crippen LogP contribution in [0.5, 0.6) is 11.5 Å². The average Bonchev–Trinajstić information content (AvgIpc) is 2.78. The molecule has 5 nitrogen and oxygen atoms in total. The van der Waals surface area contributed by atoms with E-state index in [1.54, 1.807) is 25.1 Å². The Morgan fingerprint density at radius 3 is 2.62 bits per heavy atom. The molecule has 0 saturated carbocycles. The third-order valence-corrected chi connectivity index (χ3v) is 6.31. The Bertz CT molecular complexity index is 1380. The molecule has 162 valence electrons. The Kier molecular flexibility index (Phi) is 5.80. The third kappa shape index (κ3) is 4.08. The van der Waals surface area contributed by atoms with E-state index >= 15 is 0 Å². The van der Waals surface area contributed by atoms with Gasteiger partial charge in [0.2, 0.25) is 5.43 Å². The Hall–Kier alpha value is -2.61. The van der Waals surface area contributed by atoms with Crippen molar-refractivity contribution in [2.45, 2.75) is 20.1 Å². The standard InChI is InChI=1S/C25H18Br2O5/c1-14-23(15-2-4-18(26)5-3-15)24(28)21-7-6-20(10-22(21)32-14)30-12-17-9-19(27)8-16-11-29-13-31-25(16)17/h2-10H,11-13H2,1H3. The van der Waals surface area contributed by atoms with Crippen molar-refractivity contribution >= 4 is 42.8 Å². The van der Waals surface area contributed by atoms with E-state index in [0.29, 0.717) is 41.3 Å². The molecule has 0 amide bonds. The molecule has 7 heteroatoms. The Labute approximate surface area is 201 Å². The smallest absolute Gasteiger partial charge is 0.200 e. The predicted molar refractivity (Wildman–Crippen MR) is 129 cm³/mol. The summed E-state index contributed by atoms with van der Waals surface area (Å²) in [5.41, 5.74) is 3.72. The fourth-order valence-electron chi connectivity index (χ4n) is 3.85. The molecule has 4 aromatic rings. The van der Waals surface area contributed by atoms with Crippen LogP contribution >= 0.6 is 31.9 Å². The van der Waals surface area contributed by atoms with Crippen molar-refractivity contribution in [2.24, 2.45) is 0 Å². The minimum Gasteiger partial charge on any atom is -0.489 e. The first kappa shape index (κ1) is 21.2. The second-order valence-electron chi connectivity index (χ2n) is 7.48. The molecule has 0 N–H and O–H groups in total. The summed E-state index contributed by atoms with van der Waals surface area (Å²) in [5, 5.41) is 0.515. The maximum atomic E-state index is 13.2. The van der Waals surface area contributed by atoms with Gasteiger partial charge in [0, 0.05) is 26.1 Å². The highest BCUT2D eigenvalue weighted by Crippen LogP contribution is 2.33. The van der Waals surface area contributed by atoms with Crippen LogP contribution in [0.15, 0.2) is 72.8 Å². The van der Waals surface area contributed by atoms with Gasteiger partial charge in [-0.05, 0) is 48.9 Å². The maximum Gasteiger partial charge on any atom is 0.200 e. The molecule has 0 unspecified atom stereocenters. The van der Waals surface area contributed by atoms with Crippen LogP contribution in [0.1, 0.15) is 16.9 Å². The lowest BCUT2D eigenvalue weighted by molar-refractivity contribution is -0.0176. The molecule has 1 aliphatic rings. The number of aryl methyl sites for hydroxylation is 1. The summed E-state index contributed by atoms with van der Waals surface area (Å²) < 4.78 is 25.0. The van der Waals surface area contributed by atoms with Gasteiger partial charge in [0.25, 0.3) is 0 Å². The summed E-state index contributed by atoms with van der Waals surface area (Å²) >= 11 is 6.95. The van der Waals surface area contributed by atoms with E-state index in [4.69, 9.17) is 18.6 Å². The minimum absolute atomic E-state index is 0.0629. The van der Waals surface area contributed by atoms with Gasteiger partial charge in [-0.2, -0.15) is 0 Å². The van der Waals surface area contributed by atoms with E-state index in [1.165, 1.54) is 0 Å². The van der Waals surface area contributed by atoms with Crippen molar-refractivity contribution in [3.05, 3.63) is 90.7 Å². The summed E-state index contributed by atoms with van der Waals surface area (Å²) in [6.45, 7) is 2.85. The van der Waals surface area contributed by atoms with Gasteiger partial charge in [-0.15, -0.1) is 0 Å². The number of halogens is 2. The quantitative estimate of drug-likeness (QED) is 0.278. The molecule has 0 radical (unpaired) electrons. The van der Waals surface area contributed by atoms with E-state index in [2.05, 4.69) is 31.9 Å². The van der Waals surface area contributed by atoms with E-state index in [0.717, 1.165) is 31.4 Å². The topological polar surface area (TPSA) is 57.9 Å². The van der Waals surface area contributed by atoms with Gasteiger partial charge >= 0.3 is 0 Å². The highest BCUT2D eigenvalue weighted by atomic mass is 79.9. The molecule has 32 heavy (non-hydrogen) atoms. The maximum absolute atomic E-state index is 13.2. The average molecular weight is 558 g/mol. The van der Waals surface area contributed by atoms with Crippen LogP contribution in [0, 0.1) is 6.92 Å². The molecular formula is C25H18Br2O5. The van der Waals surface area contributed by atoms with Gasteiger partial charge in [-0.1, -0.05) is 44.0 Å². The van der Waals surface area contributed by atoms with Crippen LogP contribution in [0.4, 0.5) is 0 Å². The highest BCUT2D eigenvalue weighted by molar-refractivity contribution is 9.10. The van der Waals surface area contributed by atoms with Gasteiger partial charge in [-0.3, -0.25) is 4.79 Å². The molecule has 3 aromatic carbocycles. The molecule has 0 atom stereocenters. The first-order valence-corrected chi connectivity index (χ1v) is 11.6. The van der Waals surface area contributed by atoms with Gasteiger partial charge in [0.05, 0.1) is 17.6 Å². The summed E-state index contributed by atoms with van der Waals surface area (Å²) in [6, 6.07) is 16.9. The van der Waals surface area contributed by atoms with Crippen LogP contribution in [0.2, 0.25) is 0 Å². The van der Waals surface area contributed by atoms with Crippen LogP contribution in [-0.4, -0.2) is 6.79 Å². The molecule has 0 aliphatic carbocycles. The molecule has 1 aliphatic heterocycles. The zero-order valence-corrected chi connectivity index (χ0v) is 20.3. The highest BCUT2D eigenvalue weighted by Gasteiger charge is 2.18. The zero-order valence-electron chi connectivity index (χ0n) is 17.1. The number of fused-ring (bicyclic) bond motifs is 2. The number of rotatable bonds is 4. The Morgan fingerprint density at radius 2 is 1.81 bits per heavy atom. The van der Waals surface area contributed by atoms with Crippen molar-refractivity contribution in [1.82, 2.24) is 0 Å². The van der Waals surface area contributed by atoms with E-state index in [1.807, 2.05) is 36.4 Å². The lowest BCUT2D eigenvalue weighted by Gasteiger charge is -2.21. The first-order valence-electron chi connectivity index (χ1n) is 9.97. The zero-order chi connectivity index (χ0) is 22.2. The monoisotopic (exact) mass is 556 g/mol. The van der Waals surface area contributed by atoms with Crippen molar-refractivity contribution in [3.8, 4) is 22.6 Å². The van der Waals surface area contributed by atoms with Gasteiger partial charge in [-0.25, -0.2) is 0 Å². The van der Waals surface area contributed by atoms with Crippen molar-refractivity contribution in [2.75, 3.05) is 6.79 Å². The number of hydrogen-bond donors (Lipinski definition) is 0. The van der Waals surface area contributed by atoms with Crippen LogP contribution in [0.25, 0.3) is 22.1 Å². The fourth-order valence-corrected chi connectivity index (χ4v) is 4.67. The first-order chi connectivity index (χ1) is 15.5. The summed E-state index contributed by atoms with van der Waals surface area (Å²) in [7, 11) is 0. The summed E-state index contributed by atoms with van der Waals surface area (Å²) in [5.74, 6) is 1.97. The van der Waals surface area contributed by atoms with E-state index < -0.39 is 0 Å². The van der Waals surface area contributed by atoms with Gasteiger partial charge in [0.15, 0.2) is 6.79 Å². The number of ether oxygens (including phenoxy) is 3.